The summed E-state index contributed by atoms with van der Waals surface area (Å²) in [6.45, 7) is 15.6. The maximum Gasteiger partial charge on any atom is 0.0824 e. The lowest BCUT2D eigenvalue weighted by atomic mass is 9.70. The Morgan fingerprint density at radius 1 is 0.857 bits per heavy atom. The zero-order chi connectivity index (χ0) is 11.6. The number of ether oxygens (including phenoxy) is 1. The molecule has 0 unspecified atom stereocenters. The molecule has 0 aromatic rings. The lowest BCUT2D eigenvalue weighted by molar-refractivity contribution is -0.0639. The van der Waals surface area contributed by atoms with Crippen LogP contribution in [0.5, 0.6) is 0 Å². The van der Waals surface area contributed by atoms with Crippen LogP contribution < -0.4 is 0 Å². The molecule has 0 aromatic heterocycles. The molecule has 1 N–H and O–H groups in total. The highest BCUT2D eigenvalue weighted by atomic mass is 16.5. The summed E-state index contributed by atoms with van der Waals surface area (Å²) in [4.78, 5) is 0. The molecule has 0 bridgehead atoms. The first-order valence-electron chi connectivity index (χ1n) is 5.26. The Bertz CT molecular complexity index is 170. The summed E-state index contributed by atoms with van der Waals surface area (Å²) in [5, 5.41) is 9.49. The zero-order valence-corrected chi connectivity index (χ0v) is 10.8. The van der Waals surface area contributed by atoms with Crippen LogP contribution in [-0.4, -0.2) is 23.9 Å². The van der Waals surface area contributed by atoms with Crippen molar-refractivity contribution in [3.63, 3.8) is 0 Å². The molecule has 0 rings (SSSR count). The Hall–Kier alpha value is -0.0800. The van der Waals surface area contributed by atoms with Crippen LogP contribution in [0, 0.1) is 10.8 Å². The minimum atomic E-state index is -0.728. The van der Waals surface area contributed by atoms with Gasteiger partial charge >= 0.3 is 0 Å². The summed E-state index contributed by atoms with van der Waals surface area (Å²) < 4.78 is 5.54. The summed E-state index contributed by atoms with van der Waals surface area (Å²) in [5.74, 6) is 0. The highest BCUT2D eigenvalue weighted by molar-refractivity contribution is 4.82. The van der Waals surface area contributed by atoms with E-state index >= 15 is 0 Å². The van der Waals surface area contributed by atoms with Crippen LogP contribution in [0.1, 0.15) is 48.5 Å². The van der Waals surface area contributed by atoms with Crippen LogP contribution >= 0.6 is 0 Å². The maximum absolute atomic E-state index is 9.49. The number of rotatable bonds is 4. The van der Waals surface area contributed by atoms with E-state index < -0.39 is 5.60 Å². The second-order valence-corrected chi connectivity index (χ2v) is 6.44. The van der Waals surface area contributed by atoms with E-state index in [0.29, 0.717) is 13.2 Å². The third-order valence-electron chi connectivity index (χ3n) is 2.95. The largest absolute Gasteiger partial charge is 0.388 e. The normalized spacial score (nSPS) is 14.6. The Labute approximate surface area is 88.7 Å². The van der Waals surface area contributed by atoms with E-state index in [-0.39, 0.29) is 10.8 Å². The van der Waals surface area contributed by atoms with Gasteiger partial charge in [-0.2, -0.15) is 0 Å². The van der Waals surface area contributed by atoms with E-state index in [1.807, 2.05) is 0 Å². The molecule has 0 heterocycles. The Morgan fingerprint density at radius 2 is 1.29 bits per heavy atom. The van der Waals surface area contributed by atoms with Gasteiger partial charge in [0.1, 0.15) is 0 Å². The topological polar surface area (TPSA) is 29.5 Å². The minimum absolute atomic E-state index is 0.123. The first kappa shape index (κ1) is 13.9. The molecule has 0 aliphatic carbocycles. The van der Waals surface area contributed by atoms with E-state index in [4.69, 9.17) is 4.74 Å². The van der Waals surface area contributed by atoms with E-state index in [0.717, 1.165) is 0 Å². The van der Waals surface area contributed by atoms with E-state index in [1.165, 1.54) is 0 Å². The molecule has 86 valence electrons. The molecule has 14 heavy (non-hydrogen) atoms. The van der Waals surface area contributed by atoms with Gasteiger partial charge in [0.2, 0.25) is 0 Å². The van der Waals surface area contributed by atoms with Gasteiger partial charge in [-0.15, -0.1) is 0 Å². The van der Waals surface area contributed by atoms with Crippen molar-refractivity contribution in [3.05, 3.63) is 0 Å². The highest BCUT2D eigenvalue weighted by Gasteiger charge is 2.33. The fourth-order valence-corrected chi connectivity index (χ4v) is 0.772. The van der Waals surface area contributed by atoms with Crippen molar-refractivity contribution in [3.8, 4) is 0 Å². The molecule has 0 radical (unpaired) electrons. The van der Waals surface area contributed by atoms with E-state index in [1.54, 1.807) is 13.8 Å². The molecule has 0 atom stereocenters. The van der Waals surface area contributed by atoms with Gasteiger partial charge in [0.15, 0.2) is 0 Å². The fraction of sp³-hybridized carbons (Fsp3) is 1.00. The first-order valence-corrected chi connectivity index (χ1v) is 5.26. The summed E-state index contributed by atoms with van der Waals surface area (Å²) in [7, 11) is 0. The summed E-state index contributed by atoms with van der Waals surface area (Å²) in [6.07, 6.45) is 0. The van der Waals surface area contributed by atoms with Crippen molar-refractivity contribution in [2.24, 2.45) is 10.8 Å². The van der Waals surface area contributed by atoms with Gasteiger partial charge in [-0.05, 0) is 24.7 Å². The molecule has 0 saturated carbocycles. The van der Waals surface area contributed by atoms with Crippen LogP contribution in [0.3, 0.4) is 0 Å². The third-order valence-corrected chi connectivity index (χ3v) is 2.95. The quantitative estimate of drug-likeness (QED) is 0.759. The molecule has 0 saturated heterocycles. The average Bonchev–Trinajstić information content (AvgIpc) is 1.80. The number of hydrogen-bond acceptors (Lipinski definition) is 2. The SMILES string of the molecule is CC(C)(O)COCC(C)(C)C(C)(C)C. The van der Waals surface area contributed by atoms with Crippen molar-refractivity contribution in [2.75, 3.05) is 13.2 Å². The molecular weight excluding hydrogens is 176 g/mol. The summed E-state index contributed by atoms with van der Waals surface area (Å²) in [6, 6.07) is 0. The van der Waals surface area contributed by atoms with Crippen LogP contribution in [0.25, 0.3) is 0 Å². The van der Waals surface area contributed by atoms with Gasteiger partial charge in [0.05, 0.1) is 18.8 Å². The lowest BCUT2D eigenvalue weighted by Gasteiger charge is -2.39. The van der Waals surface area contributed by atoms with Crippen molar-refractivity contribution in [1.82, 2.24) is 0 Å². The first-order chi connectivity index (χ1) is 5.96. The van der Waals surface area contributed by atoms with E-state index in [2.05, 4.69) is 34.6 Å². The van der Waals surface area contributed by atoms with E-state index in [9.17, 15) is 5.11 Å². The molecule has 0 fully saturated rings. The van der Waals surface area contributed by atoms with Crippen molar-refractivity contribution in [2.45, 2.75) is 54.1 Å². The predicted molar refractivity (Wildman–Crippen MR) is 60.4 cm³/mol. The van der Waals surface area contributed by atoms with Gasteiger partial charge in [0, 0.05) is 0 Å². The number of hydrogen-bond donors (Lipinski definition) is 1. The fourth-order valence-electron chi connectivity index (χ4n) is 0.772. The van der Waals surface area contributed by atoms with Crippen LogP contribution in [0.15, 0.2) is 0 Å². The third kappa shape index (κ3) is 4.97. The molecule has 0 aliphatic rings. The molecule has 2 heteroatoms. The molecular formula is C12H26O2. The Kier molecular flexibility index (Phi) is 4.17. The minimum Gasteiger partial charge on any atom is -0.388 e. The van der Waals surface area contributed by atoms with Gasteiger partial charge in [-0.1, -0.05) is 34.6 Å². The zero-order valence-electron chi connectivity index (χ0n) is 10.8. The standard InChI is InChI=1S/C12H26O2/c1-10(2,3)11(4,5)8-14-9-12(6,7)13/h13H,8-9H2,1-7H3. The van der Waals surface area contributed by atoms with Crippen molar-refractivity contribution >= 4 is 0 Å². The second kappa shape index (κ2) is 4.19. The molecule has 0 aliphatic heterocycles. The molecule has 2 nitrogen and oxygen atoms in total. The van der Waals surface area contributed by atoms with Crippen LogP contribution in [-0.2, 0) is 4.74 Å². The maximum atomic E-state index is 9.49. The Morgan fingerprint density at radius 3 is 1.57 bits per heavy atom. The Balaban J connectivity index is 4.02. The van der Waals surface area contributed by atoms with Gasteiger partial charge in [-0.25, -0.2) is 0 Å². The molecule has 0 aromatic carbocycles. The number of aliphatic hydroxyl groups is 1. The monoisotopic (exact) mass is 202 g/mol. The van der Waals surface area contributed by atoms with Gasteiger partial charge in [0.25, 0.3) is 0 Å². The van der Waals surface area contributed by atoms with Gasteiger partial charge in [-0.3, -0.25) is 0 Å². The van der Waals surface area contributed by atoms with Gasteiger partial charge < -0.3 is 9.84 Å². The van der Waals surface area contributed by atoms with Crippen LogP contribution in [0.2, 0.25) is 0 Å². The summed E-state index contributed by atoms with van der Waals surface area (Å²) in [5.41, 5.74) is -0.390. The predicted octanol–water partition coefficient (Wildman–Crippen LogP) is 2.85. The summed E-state index contributed by atoms with van der Waals surface area (Å²) >= 11 is 0. The molecule has 0 spiro atoms. The van der Waals surface area contributed by atoms with Crippen molar-refractivity contribution in [1.29, 1.82) is 0 Å². The second-order valence-electron chi connectivity index (χ2n) is 6.44. The smallest absolute Gasteiger partial charge is 0.0824 e. The molecule has 0 amide bonds. The van der Waals surface area contributed by atoms with Crippen molar-refractivity contribution < 1.29 is 9.84 Å². The van der Waals surface area contributed by atoms with Crippen LogP contribution in [0.4, 0.5) is 0 Å². The lowest BCUT2D eigenvalue weighted by Crippen LogP contribution is -2.36. The average molecular weight is 202 g/mol. The highest BCUT2D eigenvalue weighted by Crippen LogP contribution is 2.37.